The van der Waals surface area contributed by atoms with Crippen LogP contribution >= 0.6 is 11.6 Å². The molecule has 0 aliphatic carbocycles. The minimum Gasteiger partial charge on any atom is -0.305 e. The van der Waals surface area contributed by atoms with E-state index in [-0.39, 0.29) is 11.9 Å². The van der Waals surface area contributed by atoms with Crippen molar-refractivity contribution in [3.63, 3.8) is 0 Å². The smallest absolute Gasteiger partial charge is 0.126 e. The largest absolute Gasteiger partial charge is 0.305 e. The number of rotatable bonds is 5. The molecule has 0 saturated carbocycles. The van der Waals surface area contributed by atoms with Crippen molar-refractivity contribution in [3.05, 3.63) is 52.1 Å². The first-order chi connectivity index (χ1) is 9.58. The van der Waals surface area contributed by atoms with E-state index in [9.17, 15) is 4.39 Å². The van der Waals surface area contributed by atoms with Crippen molar-refractivity contribution in [2.24, 2.45) is 0 Å². The quantitative estimate of drug-likeness (QED) is 0.911. The zero-order chi connectivity index (χ0) is 14.7. The highest BCUT2D eigenvalue weighted by Gasteiger charge is 2.21. The Morgan fingerprint density at radius 2 is 2.15 bits per heavy atom. The number of nitrogens with zero attached hydrogens (tertiary/aromatic N) is 2. The summed E-state index contributed by atoms with van der Waals surface area (Å²) in [5.41, 5.74) is 2.37. The van der Waals surface area contributed by atoms with Gasteiger partial charge in [-0.05, 0) is 37.6 Å². The molecule has 0 aliphatic rings. The van der Waals surface area contributed by atoms with E-state index < -0.39 is 0 Å². The molecule has 1 N–H and O–H groups in total. The van der Waals surface area contributed by atoms with E-state index in [2.05, 4.69) is 10.4 Å². The third-order valence-electron chi connectivity index (χ3n) is 3.34. The molecule has 0 aliphatic heterocycles. The van der Waals surface area contributed by atoms with E-state index in [1.807, 2.05) is 24.6 Å². The molecule has 3 nitrogen and oxygen atoms in total. The lowest BCUT2D eigenvalue weighted by Crippen LogP contribution is -2.25. The molecule has 0 saturated heterocycles. The molecule has 108 valence electrons. The minimum atomic E-state index is -0.205. The van der Waals surface area contributed by atoms with Crippen molar-refractivity contribution in [1.29, 1.82) is 0 Å². The number of aryl methyl sites for hydroxylation is 2. The van der Waals surface area contributed by atoms with Crippen molar-refractivity contribution in [3.8, 4) is 0 Å². The molecule has 1 aromatic carbocycles. The third-order valence-corrected chi connectivity index (χ3v) is 3.63. The number of aromatic nitrogens is 2. The lowest BCUT2D eigenvalue weighted by Gasteiger charge is -2.20. The summed E-state index contributed by atoms with van der Waals surface area (Å²) in [7, 11) is 0. The molecule has 1 unspecified atom stereocenters. The van der Waals surface area contributed by atoms with Crippen LogP contribution in [0.3, 0.4) is 0 Å². The van der Waals surface area contributed by atoms with Crippen LogP contribution in [0.1, 0.15) is 36.7 Å². The Morgan fingerprint density at radius 1 is 1.40 bits per heavy atom. The van der Waals surface area contributed by atoms with Crippen LogP contribution in [0.15, 0.2) is 24.4 Å². The molecular weight excluding hydrogens is 277 g/mol. The van der Waals surface area contributed by atoms with Gasteiger partial charge in [0.1, 0.15) is 5.82 Å². The van der Waals surface area contributed by atoms with Gasteiger partial charge in [0.15, 0.2) is 0 Å². The molecular formula is C15H19ClFN3. The Bertz CT molecular complexity index is 595. The van der Waals surface area contributed by atoms with Gasteiger partial charge in [0, 0.05) is 6.54 Å². The molecule has 1 atom stereocenters. The van der Waals surface area contributed by atoms with Gasteiger partial charge in [-0.25, -0.2) is 4.39 Å². The lowest BCUT2D eigenvalue weighted by molar-refractivity contribution is 0.538. The van der Waals surface area contributed by atoms with E-state index in [1.165, 1.54) is 0 Å². The van der Waals surface area contributed by atoms with Crippen molar-refractivity contribution in [1.82, 2.24) is 15.1 Å². The molecule has 0 spiro atoms. The first-order valence-corrected chi connectivity index (χ1v) is 7.16. The highest BCUT2D eigenvalue weighted by Crippen LogP contribution is 2.29. The lowest BCUT2D eigenvalue weighted by atomic mass is 10.0. The maximum absolute atomic E-state index is 13.8. The van der Waals surface area contributed by atoms with E-state index in [0.717, 1.165) is 24.3 Å². The summed E-state index contributed by atoms with van der Waals surface area (Å²) in [5.74, 6) is -0.205. The number of hydrogen-bond donors (Lipinski definition) is 1. The molecule has 0 radical (unpaired) electrons. The predicted octanol–water partition coefficient (Wildman–Crippen LogP) is 3.70. The second kappa shape index (κ2) is 6.37. The molecule has 20 heavy (non-hydrogen) atoms. The summed E-state index contributed by atoms with van der Waals surface area (Å²) >= 11 is 6.26. The average Bonchev–Trinajstić information content (AvgIpc) is 2.80. The van der Waals surface area contributed by atoms with Gasteiger partial charge >= 0.3 is 0 Å². The Labute approximate surface area is 123 Å². The summed E-state index contributed by atoms with van der Waals surface area (Å²) in [6.07, 6.45) is 1.63. The SMILES string of the molecule is CCNC(c1ccc(C)c(F)c1)c1c(Cl)cnn1CC. The van der Waals surface area contributed by atoms with Crippen molar-refractivity contribution in [2.75, 3.05) is 6.54 Å². The van der Waals surface area contributed by atoms with Crippen molar-refractivity contribution >= 4 is 11.6 Å². The van der Waals surface area contributed by atoms with Crippen LogP contribution in [0.5, 0.6) is 0 Å². The number of benzene rings is 1. The highest BCUT2D eigenvalue weighted by molar-refractivity contribution is 6.31. The van der Waals surface area contributed by atoms with Gasteiger partial charge < -0.3 is 5.32 Å². The van der Waals surface area contributed by atoms with Crippen LogP contribution in [-0.4, -0.2) is 16.3 Å². The van der Waals surface area contributed by atoms with Gasteiger partial charge in [0.25, 0.3) is 0 Å². The minimum absolute atomic E-state index is 0.162. The van der Waals surface area contributed by atoms with E-state index in [0.29, 0.717) is 10.6 Å². The Morgan fingerprint density at radius 3 is 2.75 bits per heavy atom. The van der Waals surface area contributed by atoms with E-state index in [1.54, 1.807) is 25.3 Å². The monoisotopic (exact) mass is 295 g/mol. The summed E-state index contributed by atoms with van der Waals surface area (Å²) in [4.78, 5) is 0. The molecule has 2 aromatic rings. The second-order valence-electron chi connectivity index (χ2n) is 4.69. The summed E-state index contributed by atoms with van der Waals surface area (Å²) < 4.78 is 15.7. The fourth-order valence-electron chi connectivity index (χ4n) is 2.28. The fourth-order valence-corrected chi connectivity index (χ4v) is 2.53. The maximum Gasteiger partial charge on any atom is 0.126 e. The van der Waals surface area contributed by atoms with Gasteiger partial charge in [0.2, 0.25) is 0 Å². The Hall–Kier alpha value is -1.39. The zero-order valence-corrected chi connectivity index (χ0v) is 12.7. The van der Waals surface area contributed by atoms with Gasteiger partial charge in [-0.2, -0.15) is 5.10 Å². The van der Waals surface area contributed by atoms with E-state index in [4.69, 9.17) is 11.6 Å². The second-order valence-corrected chi connectivity index (χ2v) is 5.10. The molecule has 2 rings (SSSR count). The van der Waals surface area contributed by atoms with Gasteiger partial charge in [-0.15, -0.1) is 0 Å². The van der Waals surface area contributed by atoms with Crippen LogP contribution in [0.4, 0.5) is 4.39 Å². The molecule has 0 amide bonds. The van der Waals surface area contributed by atoms with Crippen molar-refractivity contribution < 1.29 is 4.39 Å². The summed E-state index contributed by atoms with van der Waals surface area (Å²) in [6.45, 7) is 7.25. The summed E-state index contributed by atoms with van der Waals surface area (Å²) in [6, 6.07) is 5.11. The predicted molar refractivity (Wildman–Crippen MR) is 79.6 cm³/mol. The first kappa shape index (κ1) is 15.0. The van der Waals surface area contributed by atoms with Gasteiger partial charge in [-0.3, -0.25) is 4.68 Å². The van der Waals surface area contributed by atoms with Crippen LogP contribution in [0.2, 0.25) is 5.02 Å². The maximum atomic E-state index is 13.8. The third kappa shape index (κ3) is 2.86. The van der Waals surface area contributed by atoms with Gasteiger partial charge in [-0.1, -0.05) is 30.7 Å². The van der Waals surface area contributed by atoms with Crippen LogP contribution in [-0.2, 0) is 6.54 Å². The molecule has 1 heterocycles. The van der Waals surface area contributed by atoms with Crippen molar-refractivity contribution in [2.45, 2.75) is 33.4 Å². The van der Waals surface area contributed by atoms with Crippen LogP contribution in [0, 0.1) is 12.7 Å². The summed E-state index contributed by atoms with van der Waals surface area (Å²) in [5, 5.41) is 8.20. The molecule has 0 fully saturated rings. The number of halogens is 2. The van der Waals surface area contributed by atoms with Gasteiger partial charge in [0.05, 0.1) is 23.0 Å². The van der Waals surface area contributed by atoms with Crippen LogP contribution in [0.25, 0.3) is 0 Å². The highest BCUT2D eigenvalue weighted by atomic mass is 35.5. The normalized spacial score (nSPS) is 12.7. The Kier molecular flexibility index (Phi) is 4.78. The zero-order valence-electron chi connectivity index (χ0n) is 12.0. The number of hydrogen-bond acceptors (Lipinski definition) is 2. The number of nitrogens with one attached hydrogen (secondary N) is 1. The first-order valence-electron chi connectivity index (χ1n) is 6.79. The fraction of sp³-hybridized carbons (Fsp3) is 0.400. The van der Waals surface area contributed by atoms with E-state index >= 15 is 0 Å². The molecule has 0 bridgehead atoms. The molecule has 5 heteroatoms. The standard InChI is InChI=1S/C15H19ClFN3/c1-4-18-14(11-7-6-10(3)13(17)8-11)15-12(16)9-19-20(15)5-2/h6-9,14,18H,4-5H2,1-3H3. The average molecular weight is 296 g/mol. The Balaban J connectivity index is 2.49. The topological polar surface area (TPSA) is 29.9 Å². The molecule has 1 aromatic heterocycles. The van der Waals surface area contributed by atoms with Crippen LogP contribution < -0.4 is 5.32 Å².